The van der Waals surface area contributed by atoms with E-state index in [4.69, 9.17) is 0 Å². The quantitative estimate of drug-likeness (QED) is 0.261. The van der Waals surface area contributed by atoms with Crippen LogP contribution in [0.2, 0.25) is 0 Å². The van der Waals surface area contributed by atoms with Crippen LogP contribution >= 0.6 is 0 Å². The molecule has 192 valence electrons. The normalized spacial score (nSPS) is 11.7. The van der Waals surface area contributed by atoms with Crippen molar-refractivity contribution in [3.63, 3.8) is 0 Å². The second-order valence-electron chi connectivity index (χ2n) is 9.84. The SMILES string of the molecule is Cc1ncc(-c2ccc3[nH]nc(-c4cc5c(-c6cc(F)cc(NCCN(C)C)c6)nccc5[nH]4)c3c2)n1C. The molecule has 6 rings (SSSR count). The van der Waals surface area contributed by atoms with Crippen LogP contribution in [-0.2, 0) is 7.05 Å². The lowest BCUT2D eigenvalue weighted by Crippen LogP contribution is -2.20. The highest BCUT2D eigenvalue weighted by Gasteiger charge is 2.16. The minimum Gasteiger partial charge on any atom is -0.384 e. The highest BCUT2D eigenvalue weighted by molar-refractivity contribution is 6.01. The first-order chi connectivity index (χ1) is 18.4. The van der Waals surface area contributed by atoms with Gasteiger partial charge < -0.3 is 19.8 Å². The molecule has 0 aliphatic heterocycles. The molecule has 0 amide bonds. The average molecular weight is 509 g/mol. The Morgan fingerprint density at radius 1 is 0.947 bits per heavy atom. The molecule has 6 aromatic rings. The summed E-state index contributed by atoms with van der Waals surface area (Å²) in [5, 5.41) is 13.0. The number of rotatable bonds is 7. The van der Waals surface area contributed by atoms with Crippen LogP contribution in [0.15, 0.2) is 60.9 Å². The number of H-pyrrole nitrogens is 2. The van der Waals surface area contributed by atoms with Gasteiger partial charge in [0.2, 0.25) is 0 Å². The third kappa shape index (κ3) is 4.31. The van der Waals surface area contributed by atoms with Crippen molar-refractivity contribution in [2.45, 2.75) is 6.92 Å². The van der Waals surface area contributed by atoms with E-state index in [1.54, 1.807) is 6.20 Å². The number of aromatic nitrogens is 6. The van der Waals surface area contributed by atoms with Crippen molar-refractivity contribution in [3.05, 3.63) is 72.6 Å². The summed E-state index contributed by atoms with van der Waals surface area (Å²) >= 11 is 0. The Labute approximate surface area is 219 Å². The molecule has 0 atom stereocenters. The van der Waals surface area contributed by atoms with Crippen LogP contribution in [0.1, 0.15) is 5.82 Å². The number of nitrogens with zero attached hydrogens (tertiary/aromatic N) is 5. The fourth-order valence-corrected chi connectivity index (χ4v) is 4.81. The van der Waals surface area contributed by atoms with Gasteiger partial charge in [-0.2, -0.15) is 5.10 Å². The lowest BCUT2D eigenvalue weighted by atomic mass is 10.1. The van der Waals surface area contributed by atoms with Crippen molar-refractivity contribution in [2.75, 3.05) is 32.5 Å². The summed E-state index contributed by atoms with van der Waals surface area (Å²) in [6.45, 7) is 3.55. The molecule has 9 heteroatoms. The molecule has 8 nitrogen and oxygen atoms in total. The molecule has 0 radical (unpaired) electrons. The molecular weight excluding hydrogens is 479 g/mol. The molecule has 0 aliphatic rings. The summed E-state index contributed by atoms with van der Waals surface area (Å²) in [5.41, 5.74) is 7.79. The maximum atomic E-state index is 14.6. The van der Waals surface area contributed by atoms with E-state index in [1.165, 1.54) is 12.1 Å². The van der Waals surface area contributed by atoms with Gasteiger partial charge in [0.15, 0.2) is 0 Å². The second-order valence-corrected chi connectivity index (χ2v) is 9.84. The minimum absolute atomic E-state index is 0.305. The summed E-state index contributed by atoms with van der Waals surface area (Å²) in [7, 11) is 6.03. The number of fused-ring (bicyclic) bond motifs is 2. The van der Waals surface area contributed by atoms with Gasteiger partial charge in [0.25, 0.3) is 0 Å². The maximum Gasteiger partial charge on any atom is 0.125 e. The van der Waals surface area contributed by atoms with E-state index >= 15 is 0 Å². The Kier molecular flexibility index (Phi) is 5.92. The van der Waals surface area contributed by atoms with Gasteiger partial charge in [-0.25, -0.2) is 9.37 Å². The molecule has 0 aliphatic carbocycles. The zero-order chi connectivity index (χ0) is 26.4. The van der Waals surface area contributed by atoms with Crippen LogP contribution < -0.4 is 5.32 Å². The number of anilines is 1. The first-order valence-corrected chi connectivity index (χ1v) is 12.5. The van der Waals surface area contributed by atoms with Crippen molar-refractivity contribution in [2.24, 2.45) is 7.05 Å². The molecule has 0 saturated carbocycles. The number of hydrogen-bond acceptors (Lipinski definition) is 5. The van der Waals surface area contributed by atoms with Gasteiger partial charge in [-0.1, -0.05) is 6.07 Å². The number of imidazole rings is 1. The summed E-state index contributed by atoms with van der Waals surface area (Å²) in [6.07, 6.45) is 3.63. The molecule has 0 bridgehead atoms. The summed E-state index contributed by atoms with van der Waals surface area (Å²) in [6, 6.07) is 15.2. The molecule has 38 heavy (non-hydrogen) atoms. The van der Waals surface area contributed by atoms with E-state index in [0.29, 0.717) is 17.8 Å². The number of nitrogens with one attached hydrogen (secondary N) is 3. The molecule has 0 spiro atoms. The van der Waals surface area contributed by atoms with Crippen LogP contribution in [0.3, 0.4) is 0 Å². The van der Waals surface area contributed by atoms with E-state index in [0.717, 1.165) is 62.5 Å². The van der Waals surface area contributed by atoms with Gasteiger partial charge >= 0.3 is 0 Å². The van der Waals surface area contributed by atoms with E-state index in [-0.39, 0.29) is 5.82 Å². The molecule has 3 N–H and O–H groups in total. The molecule has 4 heterocycles. The Balaban J connectivity index is 1.41. The van der Waals surface area contributed by atoms with E-state index < -0.39 is 0 Å². The van der Waals surface area contributed by atoms with Crippen molar-refractivity contribution >= 4 is 27.5 Å². The second kappa shape index (κ2) is 9.42. The average Bonchev–Trinajstić information content (AvgIpc) is 3.59. The van der Waals surface area contributed by atoms with Gasteiger partial charge in [-0.05, 0) is 63.5 Å². The number of hydrogen-bond donors (Lipinski definition) is 3. The first-order valence-electron chi connectivity index (χ1n) is 12.5. The van der Waals surface area contributed by atoms with Gasteiger partial charge in [-0.15, -0.1) is 0 Å². The number of halogens is 1. The lowest BCUT2D eigenvalue weighted by Gasteiger charge is -2.12. The number of benzene rings is 2. The highest BCUT2D eigenvalue weighted by Crippen LogP contribution is 2.35. The fraction of sp³-hybridized carbons (Fsp3) is 0.207. The molecular formula is C29H29FN8. The Hall–Kier alpha value is -4.50. The number of pyridine rings is 1. The maximum absolute atomic E-state index is 14.6. The van der Waals surface area contributed by atoms with Crippen molar-refractivity contribution in [3.8, 4) is 33.9 Å². The van der Waals surface area contributed by atoms with Gasteiger partial charge in [0, 0.05) is 59.4 Å². The Bertz CT molecular complexity index is 1770. The third-order valence-electron chi connectivity index (χ3n) is 6.94. The molecule has 4 aromatic heterocycles. The molecule has 0 fully saturated rings. The van der Waals surface area contributed by atoms with Crippen LogP contribution in [0.5, 0.6) is 0 Å². The van der Waals surface area contributed by atoms with Crippen molar-refractivity contribution in [1.29, 1.82) is 0 Å². The predicted molar refractivity (Wildman–Crippen MR) is 151 cm³/mol. The summed E-state index contributed by atoms with van der Waals surface area (Å²) in [5.74, 6) is 0.650. The van der Waals surface area contributed by atoms with E-state index in [9.17, 15) is 4.39 Å². The molecule has 0 saturated heterocycles. The summed E-state index contributed by atoms with van der Waals surface area (Å²) in [4.78, 5) is 14.6. The number of aromatic amines is 2. The lowest BCUT2D eigenvalue weighted by molar-refractivity contribution is 0.425. The predicted octanol–water partition coefficient (Wildman–Crippen LogP) is 5.59. The molecule has 0 unspecified atom stereocenters. The van der Waals surface area contributed by atoms with E-state index in [2.05, 4.69) is 52.1 Å². The van der Waals surface area contributed by atoms with Crippen molar-refractivity contribution < 1.29 is 4.39 Å². The zero-order valence-corrected chi connectivity index (χ0v) is 21.8. The standard InChI is InChI=1S/C29H29FN8/c1-17-33-16-27(38(17)4)18-5-6-25-22(13-18)29(36-35-25)26-15-23-24(34-26)7-8-32-28(23)19-11-20(30)14-21(12-19)31-9-10-37(2)3/h5-8,11-16,31,34H,9-10H2,1-4H3,(H,35,36). The topological polar surface area (TPSA) is 90.5 Å². The van der Waals surface area contributed by atoms with Crippen LogP contribution in [-0.4, -0.2) is 61.8 Å². The minimum atomic E-state index is -0.305. The third-order valence-corrected chi connectivity index (χ3v) is 6.94. The van der Waals surface area contributed by atoms with Crippen LogP contribution in [0.4, 0.5) is 10.1 Å². The van der Waals surface area contributed by atoms with Gasteiger partial charge in [0.05, 0.1) is 28.8 Å². The molecule has 2 aromatic carbocycles. The summed E-state index contributed by atoms with van der Waals surface area (Å²) < 4.78 is 16.7. The first kappa shape index (κ1) is 23.9. The van der Waals surface area contributed by atoms with Crippen molar-refractivity contribution in [1.82, 2.24) is 34.6 Å². The Morgan fingerprint density at radius 2 is 1.79 bits per heavy atom. The zero-order valence-electron chi connectivity index (χ0n) is 21.8. The van der Waals surface area contributed by atoms with Crippen LogP contribution in [0, 0.1) is 12.7 Å². The smallest absolute Gasteiger partial charge is 0.125 e. The fourth-order valence-electron chi connectivity index (χ4n) is 4.81. The largest absolute Gasteiger partial charge is 0.384 e. The Morgan fingerprint density at radius 3 is 2.58 bits per heavy atom. The van der Waals surface area contributed by atoms with Crippen LogP contribution in [0.25, 0.3) is 55.7 Å². The monoisotopic (exact) mass is 508 g/mol. The van der Waals surface area contributed by atoms with E-state index in [1.807, 2.05) is 58.5 Å². The number of likely N-dealkylation sites (N-methyl/N-ethyl adjacent to an activating group) is 1. The highest BCUT2D eigenvalue weighted by atomic mass is 19.1. The van der Waals surface area contributed by atoms with Gasteiger partial charge in [-0.3, -0.25) is 10.1 Å². The number of aryl methyl sites for hydroxylation is 1. The van der Waals surface area contributed by atoms with Gasteiger partial charge in [0.1, 0.15) is 17.3 Å².